The predicted octanol–water partition coefficient (Wildman–Crippen LogP) is 4.42. The van der Waals surface area contributed by atoms with E-state index < -0.39 is 29.7 Å². The normalized spacial score (nSPS) is 12.0. The summed E-state index contributed by atoms with van der Waals surface area (Å²) in [5.41, 5.74) is -0.408. The number of halogens is 3. The van der Waals surface area contributed by atoms with Crippen LogP contribution >= 0.6 is 0 Å². The van der Waals surface area contributed by atoms with Gasteiger partial charge in [0.05, 0.1) is 16.8 Å². The Hall–Kier alpha value is -3.95. The van der Waals surface area contributed by atoms with Gasteiger partial charge in [-0.1, -0.05) is 18.2 Å². The standard InChI is InChI=1S/C21H17F3N4O3/c1-13(18(29)28-20-25-10-5-11-26-20)31-19(30)16-8-2-3-9-17(16)27-15-7-4-6-14(12-15)21(22,23)24/h2-13,27H,1H3,(H,25,26,28,29)/t13-/m0/s1. The number of alkyl halides is 3. The van der Waals surface area contributed by atoms with Crippen LogP contribution in [-0.2, 0) is 15.7 Å². The fourth-order valence-corrected chi connectivity index (χ4v) is 2.55. The monoisotopic (exact) mass is 430 g/mol. The summed E-state index contributed by atoms with van der Waals surface area (Å²) in [6.45, 7) is 1.37. The molecule has 0 aliphatic rings. The third kappa shape index (κ3) is 5.78. The van der Waals surface area contributed by atoms with Crippen LogP contribution in [0.1, 0.15) is 22.8 Å². The van der Waals surface area contributed by atoms with Gasteiger partial charge in [-0.3, -0.25) is 10.1 Å². The minimum Gasteiger partial charge on any atom is -0.449 e. The Labute approximate surface area is 175 Å². The molecule has 31 heavy (non-hydrogen) atoms. The van der Waals surface area contributed by atoms with Gasteiger partial charge in [-0.15, -0.1) is 0 Å². The molecule has 2 N–H and O–H groups in total. The van der Waals surface area contributed by atoms with Gasteiger partial charge in [-0.05, 0) is 43.3 Å². The first-order valence-corrected chi connectivity index (χ1v) is 9.06. The molecule has 3 aromatic rings. The quantitative estimate of drug-likeness (QED) is 0.563. The average Bonchev–Trinajstić information content (AvgIpc) is 2.74. The van der Waals surface area contributed by atoms with Gasteiger partial charge >= 0.3 is 12.1 Å². The van der Waals surface area contributed by atoms with Crippen LogP contribution in [0.5, 0.6) is 0 Å². The van der Waals surface area contributed by atoms with Crippen LogP contribution in [0.3, 0.4) is 0 Å². The van der Waals surface area contributed by atoms with Gasteiger partial charge in [0.15, 0.2) is 6.10 Å². The molecule has 1 heterocycles. The summed E-state index contributed by atoms with van der Waals surface area (Å²) in [6.07, 6.45) is -2.79. The summed E-state index contributed by atoms with van der Waals surface area (Å²) in [6, 6.07) is 12.3. The van der Waals surface area contributed by atoms with Crippen molar-refractivity contribution in [2.24, 2.45) is 0 Å². The Morgan fingerprint density at radius 3 is 2.42 bits per heavy atom. The fraction of sp³-hybridized carbons (Fsp3) is 0.143. The number of benzene rings is 2. The molecule has 0 aliphatic carbocycles. The lowest BCUT2D eigenvalue weighted by atomic mass is 10.1. The zero-order valence-corrected chi connectivity index (χ0v) is 16.2. The molecule has 0 saturated heterocycles. The molecule has 10 heteroatoms. The van der Waals surface area contributed by atoms with E-state index in [9.17, 15) is 22.8 Å². The molecule has 0 bridgehead atoms. The van der Waals surface area contributed by atoms with Crippen molar-refractivity contribution in [3.8, 4) is 0 Å². The van der Waals surface area contributed by atoms with Crippen LogP contribution in [0.25, 0.3) is 0 Å². The lowest BCUT2D eigenvalue weighted by Gasteiger charge is -2.16. The first-order chi connectivity index (χ1) is 14.7. The van der Waals surface area contributed by atoms with Crippen LogP contribution in [0.4, 0.5) is 30.5 Å². The number of hydrogen-bond acceptors (Lipinski definition) is 6. The summed E-state index contributed by atoms with van der Waals surface area (Å²) in [5, 5.41) is 5.20. The second-order valence-corrected chi connectivity index (χ2v) is 6.36. The maximum atomic E-state index is 12.9. The number of para-hydroxylation sites is 1. The Morgan fingerprint density at radius 1 is 1.00 bits per heavy atom. The smallest absolute Gasteiger partial charge is 0.416 e. The van der Waals surface area contributed by atoms with Crippen molar-refractivity contribution in [3.63, 3.8) is 0 Å². The molecule has 3 rings (SSSR count). The minimum atomic E-state index is -4.50. The fourth-order valence-electron chi connectivity index (χ4n) is 2.55. The number of anilines is 3. The highest BCUT2D eigenvalue weighted by Crippen LogP contribution is 2.32. The first-order valence-electron chi connectivity index (χ1n) is 9.06. The van der Waals surface area contributed by atoms with Crippen LogP contribution in [0.15, 0.2) is 67.0 Å². The zero-order chi connectivity index (χ0) is 22.4. The summed E-state index contributed by atoms with van der Waals surface area (Å²) in [4.78, 5) is 32.5. The number of ether oxygens (including phenoxy) is 1. The van der Waals surface area contributed by atoms with Gasteiger partial charge in [0, 0.05) is 18.1 Å². The first kappa shape index (κ1) is 21.8. The van der Waals surface area contributed by atoms with Crippen molar-refractivity contribution >= 4 is 29.2 Å². The molecule has 0 fully saturated rings. The van der Waals surface area contributed by atoms with E-state index in [1.165, 1.54) is 43.6 Å². The molecule has 0 aliphatic heterocycles. The van der Waals surface area contributed by atoms with Crippen molar-refractivity contribution in [3.05, 3.63) is 78.1 Å². The van der Waals surface area contributed by atoms with Crippen molar-refractivity contribution in [1.82, 2.24) is 9.97 Å². The number of carbonyl (C=O) groups excluding carboxylic acids is 2. The van der Waals surface area contributed by atoms with Crippen LogP contribution in [0.2, 0.25) is 0 Å². The van der Waals surface area contributed by atoms with Crippen LogP contribution < -0.4 is 10.6 Å². The molecule has 0 saturated carbocycles. The molecule has 7 nitrogen and oxygen atoms in total. The van der Waals surface area contributed by atoms with E-state index in [0.717, 1.165) is 12.1 Å². The number of rotatable bonds is 6. The minimum absolute atomic E-state index is 0.0514. The van der Waals surface area contributed by atoms with E-state index in [1.807, 2.05) is 0 Å². The molecule has 0 radical (unpaired) electrons. The van der Waals surface area contributed by atoms with Crippen LogP contribution in [0, 0.1) is 0 Å². The summed E-state index contributed by atoms with van der Waals surface area (Å²) in [5.74, 6) is -1.41. The van der Waals surface area contributed by atoms with E-state index >= 15 is 0 Å². The topological polar surface area (TPSA) is 93.2 Å². The highest BCUT2D eigenvalue weighted by molar-refractivity contribution is 5.99. The number of amides is 1. The molecular weight excluding hydrogens is 413 g/mol. The summed E-state index contributed by atoms with van der Waals surface area (Å²) >= 11 is 0. The van der Waals surface area contributed by atoms with Gasteiger partial charge in [0.2, 0.25) is 5.95 Å². The SMILES string of the molecule is C[C@H](OC(=O)c1ccccc1Nc1cccc(C(F)(F)F)c1)C(=O)Nc1ncccn1. The largest absolute Gasteiger partial charge is 0.449 e. The number of aromatic nitrogens is 2. The Kier molecular flexibility index (Phi) is 6.49. The van der Waals surface area contributed by atoms with Crippen molar-refractivity contribution in [1.29, 1.82) is 0 Å². The molecule has 0 unspecified atom stereocenters. The number of nitrogens with one attached hydrogen (secondary N) is 2. The number of esters is 1. The summed E-state index contributed by atoms with van der Waals surface area (Å²) < 4.78 is 44.0. The molecule has 1 amide bonds. The summed E-state index contributed by atoms with van der Waals surface area (Å²) in [7, 11) is 0. The lowest BCUT2D eigenvalue weighted by Crippen LogP contribution is -2.30. The molecule has 160 valence electrons. The van der Waals surface area contributed by atoms with E-state index in [2.05, 4.69) is 20.6 Å². The third-order valence-electron chi connectivity index (χ3n) is 4.07. The molecule has 2 aromatic carbocycles. The van der Waals surface area contributed by atoms with Gasteiger partial charge < -0.3 is 10.1 Å². The van der Waals surface area contributed by atoms with Crippen molar-refractivity contribution in [2.75, 3.05) is 10.6 Å². The van der Waals surface area contributed by atoms with Gasteiger partial charge in [0.25, 0.3) is 5.91 Å². The highest BCUT2D eigenvalue weighted by atomic mass is 19.4. The maximum absolute atomic E-state index is 12.9. The Bertz CT molecular complexity index is 1070. The predicted molar refractivity (Wildman–Crippen MR) is 107 cm³/mol. The number of hydrogen-bond donors (Lipinski definition) is 2. The second kappa shape index (κ2) is 9.24. The van der Waals surface area contributed by atoms with Gasteiger partial charge in [0.1, 0.15) is 0 Å². The molecular formula is C21H17F3N4O3. The van der Waals surface area contributed by atoms with Crippen LogP contribution in [-0.4, -0.2) is 27.9 Å². The van der Waals surface area contributed by atoms with E-state index in [4.69, 9.17) is 4.74 Å². The van der Waals surface area contributed by atoms with Crippen molar-refractivity contribution < 1.29 is 27.5 Å². The maximum Gasteiger partial charge on any atom is 0.416 e. The Morgan fingerprint density at radius 2 is 1.71 bits per heavy atom. The molecule has 1 aromatic heterocycles. The molecule has 1 atom stereocenters. The third-order valence-corrected chi connectivity index (χ3v) is 4.07. The zero-order valence-electron chi connectivity index (χ0n) is 16.2. The van der Waals surface area contributed by atoms with Crippen molar-refractivity contribution in [2.45, 2.75) is 19.2 Å². The lowest BCUT2D eigenvalue weighted by molar-refractivity contribution is -0.137. The van der Waals surface area contributed by atoms with Gasteiger partial charge in [-0.2, -0.15) is 13.2 Å². The van der Waals surface area contributed by atoms with E-state index in [0.29, 0.717) is 0 Å². The number of carbonyl (C=O) groups is 2. The second-order valence-electron chi connectivity index (χ2n) is 6.36. The highest BCUT2D eigenvalue weighted by Gasteiger charge is 2.30. The van der Waals surface area contributed by atoms with E-state index in [-0.39, 0.29) is 22.9 Å². The van der Waals surface area contributed by atoms with E-state index in [1.54, 1.807) is 18.2 Å². The molecule has 0 spiro atoms. The number of nitrogens with zero attached hydrogens (tertiary/aromatic N) is 2. The van der Waals surface area contributed by atoms with Gasteiger partial charge in [-0.25, -0.2) is 14.8 Å². The Balaban J connectivity index is 1.72. The average molecular weight is 430 g/mol.